The lowest BCUT2D eigenvalue weighted by atomic mass is 9.94. The number of aliphatic hydroxyl groups excluding tert-OH is 2. The summed E-state index contributed by atoms with van der Waals surface area (Å²) in [4.78, 5) is 2.49. The Bertz CT molecular complexity index is 500. The maximum absolute atomic E-state index is 9.39. The molecular weight excluding hydrogens is 318 g/mol. The Morgan fingerprint density at radius 1 is 1.04 bits per heavy atom. The van der Waals surface area contributed by atoms with Crippen LogP contribution in [0.5, 0.6) is 11.5 Å². The minimum Gasteiger partial charge on any atom is -0.493 e. The molecule has 1 aliphatic heterocycles. The summed E-state index contributed by atoms with van der Waals surface area (Å²) in [5.74, 6) is 1.41. The first-order valence-electron chi connectivity index (χ1n) is 9.41. The van der Waals surface area contributed by atoms with Gasteiger partial charge in [-0.1, -0.05) is 25.3 Å². The van der Waals surface area contributed by atoms with E-state index in [1.807, 2.05) is 18.2 Å². The van der Waals surface area contributed by atoms with Crippen LogP contribution in [0.15, 0.2) is 18.2 Å². The van der Waals surface area contributed by atoms with E-state index in [1.165, 1.54) is 32.1 Å². The molecule has 0 amide bonds. The highest BCUT2D eigenvalue weighted by atomic mass is 16.5. The molecule has 1 aliphatic carbocycles. The van der Waals surface area contributed by atoms with Crippen molar-refractivity contribution < 1.29 is 19.7 Å². The smallest absolute Gasteiger partial charge is 0.160 e. The van der Waals surface area contributed by atoms with Gasteiger partial charge in [0.1, 0.15) is 0 Å². The highest BCUT2D eigenvalue weighted by Gasteiger charge is 2.27. The fraction of sp³-hybridized carbons (Fsp3) is 0.700. The SMILES string of the molecule is COc1ccc(CCO)cc1OC.O[C@@H]1CCN(C2CCCCC2)C1. The maximum atomic E-state index is 9.39. The van der Waals surface area contributed by atoms with Crippen LogP contribution in [0.25, 0.3) is 0 Å². The zero-order chi connectivity index (χ0) is 18.1. The molecule has 1 aromatic rings. The van der Waals surface area contributed by atoms with Crippen LogP contribution in [0.1, 0.15) is 44.1 Å². The minimum atomic E-state index is -0.0353. The molecule has 0 unspecified atom stereocenters. The molecule has 5 heteroatoms. The second-order valence-corrected chi connectivity index (χ2v) is 6.89. The number of methoxy groups -OCH3 is 2. The van der Waals surface area contributed by atoms with Crippen LogP contribution in [-0.4, -0.2) is 61.2 Å². The molecule has 5 nitrogen and oxygen atoms in total. The van der Waals surface area contributed by atoms with E-state index < -0.39 is 0 Å². The van der Waals surface area contributed by atoms with Gasteiger partial charge in [0.2, 0.25) is 0 Å². The molecule has 0 bridgehead atoms. The van der Waals surface area contributed by atoms with Crippen molar-refractivity contribution in [2.24, 2.45) is 0 Å². The van der Waals surface area contributed by atoms with Crippen molar-refractivity contribution in [2.45, 2.75) is 57.1 Å². The molecule has 3 rings (SSSR count). The van der Waals surface area contributed by atoms with Crippen molar-refractivity contribution >= 4 is 0 Å². The summed E-state index contributed by atoms with van der Waals surface area (Å²) in [6.07, 6.45) is 8.56. The molecule has 0 radical (unpaired) electrons. The number of ether oxygens (including phenoxy) is 2. The lowest BCUT2D eigenvalue weighted by Crippen LogP contribution is -2.35. The van der Waals surface area contributed by atoms with E-state index in [2.05, 4.69) is 4.90 Å². The Morgan fingerprint density at radius 2 is 1.76 bits per heavy atom. The minimum absolute atomic E-state index is 0.0353. The molecule has 1 saturated carbocycles. The van der Waals surface area contributed by atoms with Crippen LogP contribution >= 0.6 is 0 Å². The third-order valence-corrected chi connectivity index (χ3v) is 5.13. The first kappa shape index (κ1) is 20.0. The van der Waals surface area contributed by atoms with E-state index in [0.29, 0.717) is 17.9 Å². The topological polar surface area (TPSA) is 62.2 Å². The first-order valence-corrected chi connectivity index (χ1v) is 9.41. The predicted octanol–water partition coefficient (Wildman–Crippen LogP) is 2.62. The fourth-order valence-corrected chi connectivity index (χ4v) is 3.71. The van der Waals surface area contributed by atoms with Crippen LogP contribution in [0.2, 0.25) is 0 Å². The number of rotatable bonds is 5. The van der Waals surface area contributed by atoms with Crippen molar-refractivity contribution in [3.8, 4) is 11.5 Å². The molecule has 1 heterocycles. The van der Waals surface area contributed by atoms with E-state index in [9.17, 15) is 5.11 Å². The van der Waals surface area contributed by atoms with Crippen molar-refractivity contribution in [3.63, 3.8) is 0 Å². The van der Waals surface area contributed by atoms with Gasteiger partial charge in [0, 0.05) is 25.7 Å². The summed E-state index contributed by atoms with van der Waals surface area (Å²) in [7, 11) is 3.20. The first-order chi connectivity index (χ1) is 12.2. The number of hydrogen-bond acceptors (Lipinski definition) is 5. The summed E-state index contributed by atoms with van der Waals surface area (Å²) < 4.78 is 10.2. The normalized spacial score (nSPS) is 21.5. The summed E-state index contributed by atoms with van der Waals surface area (Å²) in [5.41, 5.74) is 1.04. The average molecular weight is 351 g/mol. The van der Waals surface area contributed by atoms with Crippen LogP contribution < -0.4 is 9.47 Å². The van der Waals surface area contributed by atoms with Crippen molar-refractivity contribution in [1.29, 1.82) is 0 Å². The lowest BCUT2D eigenvalue weighted by Gasteiger charge is -2.30. The Balaban J connectivity index is 0.000000181. The number of benzene rings is 1. The summed E-state index contributed by atoms with van der Waals surface area (Å²) >= 11 is 0. The van der Waals surface area contributed by atoms with Gasteiger partial charge in [-0.25, -0.2) is 0 Å². The van der Waals surface area contributed by atoms with Gasteiger partial charge in [0.15, 0.2) is 11.5 Å². The van der Waals surface area contributed by atoms with E-state index in [-0.39, 0.29) is 12.7 Å². The molecule has 0 aromatic heterocycles. The van der Waals surface area contributed by atoms with Gasteiger partial charge in [-0.05, 0) is 43.4 Å². The van der Waals surface area contributed by atoms with Crippen molar-refractivity contribution in [2.75, 3.05) is 33.9 Å². The molecule has 142 valence electrons. The molecule has 1 aromatic carbocycles. The van der Waals surface area contributed by atoms with Crippen molar-refractivity contribution in [3.05, 3.63) is 23.8 Å². The average Bonchev–Trinajstić information content (AvgIpc) is 3.09. The number of aliphatic hydroxyl groups is 2. The maximum Gasteiger partial charge on any atom is 0.160 e. The van der Waals surface area contributed by atoms with Gasteiger partial charge in [-0.3, -0.25) is 4.90 Å². The highest BCUT2D eigenvalue weighted by Crippen LogP contribution is 2.27. The van der Waals surface area contributed by atoms with Gasteiger partial charge < -0.3 is 19.7 Å². The zero-order valence-electron chi connectivity index (χ0n) is 15.6. The monoisotopic (exact) mass is 351 g/mol. The van der Waals surface area contributed by atoms with Gasteiger partial charge >= 0.3 is 0 Å². The molecule has 25 heavy (non-hydrogen) atoms. The largest absolute Gasteiger partial charge is 0.493 e. The third kappa shape index (κ3) is 6.17. The Hall–Kier alpha value is -1.30. The van der Waals surface area contributed by atoms with Crippen LogP contribution in [0.4, 0.5) is 0 Å². The van der Waals surface area contributed by atoms with E-state index in [0.717, 1.165) is 31.1 Å². The second kappa shape index (κ2) is 10.6. The predicted molar refractivity (Wildman–Crippen MR) is 99.4 cm³/mol. The second-order valence-electron chi connectivity index (χ2n) is 6.89. The molecule has 0 spiro atoms. The quantitative estimate of drug-likeness (QED) is 0.854. The molecule has 1 saturated heterocycles. The molecule has 2 fully saturated rings. The van der Waals surface area contributed by atoms with Gasteiger partial charge in [0.05, 0.1) is 20.3 Å². The van der Waals surface area contributed by atoms with Crippen LogP contribution in [0.3, 0.4) is 0 Å². The summed E-state index contributed by atoms with van der Waals surface area (Å²) in [6.45, 7) is 2.21. The Labute approximate surface area is 151 Å². The van der Waals surface area contributed by atoms with Crippen LogP contribution in [0, 0.1) is 0 Å². The van der Waals surface area contributed by atoms with E-state index in [1.54, 1.807) is 14.2 Å². The molecule has 2 aliphatic rings. The zero-order valence-corrected chi connectivity index (χ0v) is 15.6. The Morgan fingerprint density at radius 3 is 2.32 bits per heavy atom. The van der Waals surface area contributed by atoms with E-state index in [4.69, 9.17) is 14.6 Å². The van der Waals surface area contributed by atoms with Crippen LogP contribution in [-0.2, 0) is 6.42 Å². The number of hydrogen-bond donors (Lipinski definition) is 2. The van der Waals surface area contributed by atoms with E-state index >= 15 is 0 Å². The third-order valence-electron chi connectivity index (χ3n) is 5.13. The highest BCUT2D eigenvalue weighted by molar-refractivity contribution is 5.42. The van der Waals surface area contributed by atoms with Gasteiger partial charge in [-0.15, -0.1) is 0 Å². The lowest BCUT2D eigenvalue weighted by molar-refractivity contribution is 0.142. The number of likely N-dealkylation sites (tertiary alicyclic amines) is 1. The Kier molecular flexibility index (Phi) is 8.52. The fourth-order valence-electron chi connectivity index (χ4n) is 3.71. The molecule has 1 atom stereocenters. The van der Waals surface area contributed by atoms with Crippen molar-refractivity contribution in [1.82, 2.24) is 4.90 Å². The standard InChI is InChI=1S/C10H19NO.C10H14O3/c12-10-6-7-11(8-10)9-4-2-1-3-5-9;1-12-9-4-3-8(5-6-11)7-10(9)13-2/h9-10,12H,1-8H2;3-4,7,11H,5-6H2,1-2H3/t10-;/m1./s1. The molecular formula is C20H33NO4. The number of nitrogens with zero attached hydrogens (tertiary/aromatic N) is 1. The summed E-state index contributed by atoms with van der Waals surface area (Å²) in [5, 5.41) is 18.1. The summed E-state index contributed by atoms with van der Waals surface area (Å²) in [6, 6.07) is 6.42. The number of β-amino-alcohol motifs (C(OH)–C–C–N with tert-alkyl or cyclic N) is 1. The van der Waals surface area contributed by atoms with Gasteiger partial charge in [-0.2, -0.15) is 0 Å². The van der Waals surface area contributed by atoms with Gasteiger partial charge in [0.25, 0.3) is 0 Å². The molecule has 2 N–H and O–H groups in total.